The van der Waals surface area contributed by atoms with E-state index >= 15 is 0 Å². The highest BCUT2D eigenvalue weighted by molar-refractivity contribution is 6.00. The summed E-state index contributed by atoms with van der Waals surface area (Å²) in [6, 6.07) is -22.3. The zero-order chi connectivity index (χ0) is 91.3. The van der Waals surface area contributed by atoms with Crippen molar-refractivity contribution in [2.45, 2.75) is 266 Å². The fraction of sp³-hybridized carbons (Fsp3) is 0.700. The molecule has 0 aromatic heterocycles. The quantitative estimate of drug-likeness (QED) is 0.0153. The summed E-state index contributed by atoms with van der Waals surface area (Å²) in [5, 5.41) is 127. The highest BCUT2D eigenvalue weighted by atomic mass is 16.4. The molecule has 12 amide bonds. The summed E-state index contributed by atoms with van der Waals surface area (Å²) in [5.41, 5.74) is 39.4. The highest BCUT2D eigenvalue weighted by Crippen LogP contribution is 2.15. The first kappa shape index (κ1) is 108. The van der Waals surface area contributed by atoms with Gasteiger partial charge in [-0.2, -0.15) is 0 Å². The first-order valence-corrected chi connectivity index (χ1v) is 39.1. The molecule has 0 aliphatic heterocycles. The molecule has 39 N–H and O–H groups in total. The largest absolute Gasteiger partial charge is 0.481 e. The van der Waals surface area contributed by atoms with E-state index in [9.17, 15) is 112 Å². The van der Waals surface area contributed by atoms with Crippen LogP contribution in [0.3, 0.4) is 0 Å². The molecule has 0 rings (SSSR count). The number of unbranched alkanes of at least 4 members (excludes halogenated alkanes) is 3. The second-order valence-electron chi connectivity index (χ2n) is 28.5. The van der Waals surface area contributed by atoms with Crippen molar-refractivity contribution in [3.05, 3.63) is 0 Å². The Kier molecular flexibility index (Phi) is 53.7. The summed E-state index contributed by atoms with van der Waals surface area (Å²) in [6.45, 7) is 3.87. The second-order valence-corrected chi connectivity index (χ2v) is 28.5. The lowest BCUT2D eigenvalue weighted by Crippen LogP contribution is -2.62. The van der Waals surface area contributed by atoms with E-state index in [1.54, 1.807) is 0 Å². The molecule has 0 saturated carbocycles. The minimum atomic E-state index is -2.10. The van der Waals surface area contributed by atoms with Crippen molar-refractivity contribution in [1.29, 1.82) is 16.2 Å². The molecule has 0 aromatic carbocycles. The number of amides is 12. The standard InChI is InChI=1S/C70H125N25O25/c1-35(2)53(65(117)92-45(21-26-50(101)102)63(115)89-43(18-12-34-83-70(79)80)59(111)90-44(20-25-49(99)100)62(114)86-40(15-6-9-31-73)61(113)93-47(67(119)120)23-28-52(105)106)94-66(118)54(36(3)96)95-64(116)46(22-27-51(103)104)91-60(112)42(17-11-33-82-69(77)78)88-58(110)41(16-10-32-81-68(75)76)87-57(109)39(14-5-8-30-72)85-56(108)38(13-4-7-29-71)84-55(107)37(74)19-24-48(97)98/h35-47,53-54,96H,4-34,71-74H2,1-3H3,(H,84,107)(H,85,108)(H,86,114)(H,87,109)(H,88,110)(H,89,115)(H,90,111)(H,91,112)(H,92,117)(H,93,113)(H,94,118)(H,95,116)(H,97,98)(H,99,100)(H,101,102)(H,103,104)(H,105,106)(H,119,120)(H4,75,76,81)(H4,77,78,82)(H4,79,80,83)/t36-,37+,38+,39+,40+,41+,42+,43+,44+,45+,46+,47+,53+,54+/m1/s1. The number of carbonyl (C=O) groups excluding carboxylic acids is 12. The number of nitrogens with one attached hydrogen (secondary N) is 18. The molecule has 0 aliphatic rings. The Morgan fingerprint density at radius 2 is 0.483 bits per heavy atom. The van der Waals surface area contributed by atoms with E-state index in [1.165, 1.54) is 13.8 Å². The number of aliphatic hydroxyl groups is 1. The van der Waals surface area contributed by atoms with Gasteiger partial charge in [0.05, 0.1) is 12.1 Å². The summed E-state index contributed by atoms with van der Waals surface area (Å²) >= 11 is 0. The van der Waals surface area contributed by atoms with Gasteiger partial charge < -0.3 is 156 Å². The topological polar surface area (TPSA) is 883 Å². The summed E-state index contributed by atoms with van der Waals surface area (Å²) in [5.74, 6) is -25.1. The van der Waals surface area contributed by atoms with Gasteiger partial charge in [0, 0.05) is 51.7 Å². The number of carbonyl (C=O) groups is 18. The van der Waals surface area contributed by atoms with E-state index in [2.05, 4.69) is 79.8 Å². The monoisotopic (exact) mass is 1720 g/mol. The van der Waals surface area contributed by atoms with Gasteiger partial charge in [0.15, 0.2) is 17.9 Å². The lowest BCUT2D eigenvalue weighted by Gasteiger charge is -2.30. The van der Waals surface area contributed by atoms with Crippen LogP contribution in [-0.2, 0) is 86.3 Å². The number of aliphatic hydroxyl groups excluding tert-OH is 1. The minimum Gasteiger partial charge on any atom is -0.481 e. The zero-order valence-corrected chi connectivity index (χ0v) is 67.6. The maximum absolute atomic E-state index is 14.6. The lowest BCUT2D eigenvalue weighted by molar-refractivity contribution is -0.144. The van der Waals surface area contributed by atoms with Crippen LogP contribution in [0, 0.1) is 22.1 Å². The van der Waals surface area contributed by atoms with Crippen LogP contribution in [0.15, 0.2) is 0 Å². The lowest BCUT2D eigenvalue weighted by atomic mass is 10.0. The maximum atomic E-state index is 14.6. The first-order chi connectivity index (χ1) is 56.4. The molecule has 14 atom stereocenters. The van der Waals surface area contributed by atoms with Gasteiger partial charge in [0.25, 0.3) is 0 Å². The van der Waals surface area contributed by atoms with E-state index in [4.69, 9.17) is 66.6 Å². The van der Waals surface area contributed by atoms with Gasteiger partial charge in [-0.3, -0.25) is 97.7 Å². The summed E-state index contributed by atoms with van der Waals surface area (Å²) < 4.78 is 0. The average Bonchev–Trinajstić information content (AvgIpc) is 0.832. The molecule has 0 spiro atoms. The third kappa shape index (κ3) is 47.5. The van der Waals surface area contributed by atoms with Crippen LogP contribution in [0.25, 0.3) is 0 Å². The third-order valence-corrected chi connectivity index (χ3v) is 18.0. The van der Waals surface area contributed by atoms with Crippen molar-refractivity contribution in [2.24, 2.45) is 46.1 Å². The molecule has 0 heterocycles. The number of aliphatic carboxylic acids is 6. The fourth-order valence-electron chi connectivity index (χ4n) is 11.4. The Labute approximate surface area is 691 Å². The number of guanidine groups is 3. The van der Waals surface area contributed by atoms with Gasteiger partial charge in [0.1, 0.15) is 72.5 Å². The normalized spacial score (nSPS) is 14.5. The van der Waals surface area contributed by atoms with Crippen LogP contribution in [0.4, 0.5) is 0 Å². The first-order valence-electron chi connectivity index (χ1n) is 39.1. The van der Waals surface area contributed by atoms with Crippen LogP contribution in [0.1, 0.15) is 181 Å². The predicted octanol–water partition coefficient (Wildman–Crippen LogP) is -9.25. The second kappa shape index (κ2) is 59.7. The van der Waals surface area contributed by atoms with Crippen molar-refractivity contribution in [3.8, 4) is 0 Å². The Hall–Kier alpha value is -11.9. The number of hydrogen-bond donors (Lipinski definition) is 32. The molecule has 0 aromatic rings. The molecule has 50 heteroatoms. The van der Waals surface area contributed by atoms with Gasteiger partial charge in [-0.15, -0.1) is 0 Å². The van der Waals surface area contributed by atoms with Crippen molar-refractivity contribution in [3.63, 3.8) is 0 Å². The molecule has 680 valence electrons. The molecule has 0 radical (unpaired) electrons. The number of nitrogens with two attached hydrogens (primary N) is 7. The summed E-state index contributed by atoms with van der Waals surface area (Å²) in [4.78, 5) is 241. The molecule has 120 heavy (non-hydrogen) atoms. The maximum Gasteiger partial charge on any atom is 0.326 e. The van der Waals surface area contributed by atoms with E-state index in [0.29, 0.717) is 19.3 Å². The third-order valence-electron chi connectivity index (χ3n) is 18.0. The molecular weight excluding hydrogens is 1590 g/mol. The average molecular weight is 1720 g/mol. The van der Waals surface area contributed by atoms with Gasteiger partial charge in [-0.25, -0.2) is 4.79 Å². The number of hydrogen-bond acceptors (Lipinski definition) is 26. The summed E-state index contributed by atoms with van der Waals surface area (Å²) in [6.07, 6.45) is -8.61. The van der Waals surface area contributed by atoms with Crippen molar-refractivity contribution in [2.75, 3.05) is 39.3 Å². The Balaban J connectivity index is 7.58. The van der Waals surface area contributed by atoms with E-state index in [1.807, 2.05) is 0 Å². The van der Waals surface area contributed by atoms with Crippen LogP contribution < -0.4 is 120 Å². The SMILES string of the molecule is CC(C)[C@H](NC(=O)[C@@H](NC(=O)[C@H](CCC(=O)O)NC(=O)[C@H](CCCNC(=N)N)NC(=O)[C@H](CCCNC(=N)N)NC(=O)[C@H](CCCCN)NC(=O)[C@H](CCCCN)NC(=O)[C@@H](N)CCC(=O)O)[C@@H](C)O)C(=O)N[C@@H](CCC(=O)O)C(=O)N[C@@H](CCCNC(=N)N)C(=O)N[C@@H](CCC(=O)O)C(=O)N[C@@H](CCCCN)C(=O)N[C@@H](CCC(=O)O)C(=O)O. The number of carboxylic acids is 6. The van der Waals surface area contributed by atoms with Gasteiger partial charge in [0.2, 0.25) is 70.9 Å². The molecule has 0 bridgehead atoms. The summed E-state index contributed by atoms with van der Waals surface area (Å²) in [7, 11) is 0. The van der Waals surface area contributed by atoms with E-state index in [-0.39, 0.29) is 116 Å². The minimum absolute atomic E-state index is 0.0165. The van der Waals surface area contributed by atoms with Crippen LogP contribution in [-0.4, -0.2) is 284 Å². The van der Waals surface area contributed by atoms with Crippen LogP contribution in [0.2, 0.25) is 0 Å². The smallest absolute Gasteiger partial charge is 0.326 e. The van der Waals surface area contributed by atoms with Gasteiger partial charge in [-0.1, -0.05) is 13.8 Å². The fourth-order valence-corrected chi connectivity index (χ4v) is 11.4. The molecule has 0 aliphatic carbocycles. The predicted molar refractivity (Wildman–Crippen MR) is 426 cm³/mol. The number of rotatable bonds is 66. The zero-order valence-electron chi connectivity index (χ0n) is 67.6. The Morgan fingerprint density at radius 1 is 0.275 bits per heavy atom. The Morgan fingerprint density at radius 3 is 0.725 bits per heavy atom. The highest BCUT2D eigenvalue weighted by Gasteiger charge is 2.39. The van der Waals surface area contributed by atoms with Crippen molar-refractivity contribution < 1.29 is 122 Å². The molecular formula is C70H125N25O25. The van der Waals surface area contributed by atoms with Crippen molar-refractivity contribution >= 4 is 125 Å². The van der Waals surface area contributed by atoms with Gasteiger partial charge in [-0.05, 0) is 161 Å². The molecule has 50 nitrogen and oxygen atoms in total. The van der Waals surface area contributed by atoms with Gasteiger partial charge >= 0.3 is 35.8 Å². The van der Waals surface area contributed by atoms with Crippen LogP contribution >= 0.6 is 0 Å². The Bertz CT molecular complexity index is 3450. The molecule has 0 saturated heterocycles. The number of carboxylic acid groups (broad SMARTS) is 6. The van der Waals surface area contributed by atoms with Crippen molar-refractivity contribution in [1.82, 2.24) is 79.8 Å². The van der Waals surface area contributed by atoms with E-state index in [0.717, 1.165) is 6.92 Å². The molecule has 0 fully saturated rings. The van der Waals surface area contributed by atoms with E-state index < -0.39 is 279 Å². The molecule has 0 unspecified atom stereocenters. The van der Waals surface area contributed by atoms with Crippen LogP contribution in [0.5, 0.6) is 0 Å².